The lowest BCUT2D eigenvalue weighted by atomic mass is 9.82. The molecule has 0 aromatic heterocycles. The minimum absolute atomic E-state index is 0.173. The van der Waals surface area contributed by atoms with Crippen molar-refractivity contribution in [2.24, 2.45) is 17.1 Å². The summed E-state index contributed by atoms with van der Waals surface area (Å²) in [6.45, 7) is 11.1. The second-order valence-corrected chi connectivity index (χ2v) is 5.63. The Hall–Kier alpha value is -0.560. The van der Waals surface area contributed by atoms with Gasteiger partial charge in [-0.3, -0.25) is 0 Å². The summed E-state index contributed by atoms with van der Waals surface area (Å²) in [6, 6.07) is 0.190. The van der Waals surface area contributed by atoms with E-state index in [1.54, 1.807) is 0 Å². The van der Waals surface area contributed by atoms with Crippen molar-refractivity contribution in [1.29, 1.82) is 0 Å². The molecule has 0 spiro atoms. The number of hydrogen-bond acceptors (Lipinski definition) is 1. The van der Waals surface area contributed by atoms with Crippen LogP contribution in [0.1, 0.15) is 41.0 Å². The molecule has 0 saturated carbocycles. The van der Waals surface area contributed by atoms with Gasteiger partial charge in [-0.2, -0.15) is 0 Å². The highest BCUT2D eigenvalue weighted by atomic mass is 14.7. The molecular formula is C13H23N. The van der Waals surface area contributed by atoms with Crippen molar-refractivity contribution in [3.05, 3.63) is 23.3 Å². The maximum atomic E-state index is 6.22. The summed E-state index contributed by atoms with van der Waals surface area (Å²) in [5, 5.41) is 0. The van der Waals surface area contributed by atoms with Crippen molar-refractivity contribution in [1.82, 2.24) is 0 Å². The molecule has 0 fully saturated rings. The highest BCUT2D eigenvalue weighted by Crippen LogP contribution is 2.31. The van der Waals surface area contributed by atoms with E-state index in [-0.39, 0.29) is 11.5 Å². The molecule has 1 nitrogen and oxygen atoms in total. The topological polar surface area (TPSA) is 26.0 Å². The number of allylic oxidation sites excluding steroid dienone is 3. The molecule has 0 aromatic carbocycles. The smallest absolute Gasteiger partial charge is 0.0309 e. The van der Waals surface area contributed by atoms with E-state index in [2.05, 4.69) is 46.8 Å². The van der Waals surface area contributed by atoms with Gasteiger partial charge in [0.1, 0.15) is 0 Å². The Bertz CT molecular complexity index is 263. The first-order valence-electron chi connectivity index (χ1n) is 5.48. The van der Waals surface area contributed by atoms with Gasteiger partial charge in [-0.15, -0.1) is 0 Å². The van der Waals surface area contributed by atoms with Crippen LogP contribution in [-0.2, 0) is 0 Å². The maximum Gasteiger partial charge on any atom is 0.0309 e. The highest BCUT2D eigenvalue weighted by Gasteiger charge is 2.25. The largest absolute Gasteiger partial charge is 0.324 e. The zero-order valence-corrected chi connectivity index (χ0v) is 10.1. The fourth-order valence-electron chi connectivity index (χ4n) is 1.74. The average Bonchev–Trinajstić information content (AvgIpc) is 2.48. The zero-order valence-electron chi connectivity index (χ0n) is 10.1. The zero-order chi connectivity index (χ0) is 10.9. The van der Waals surface area contributed by atoms with Crippen LogP contribution in [0.25, 0.3) is 0 Å². The molecule has 0 amide bonds. The first kappa shape index (κ1) is 11.5. The number of hydrogen-bond donors (Lipinski definition) is 1. The molecular weight excluding hydrogens is 170 g/mol. The molecule has 1 rings (SSSR count). The van der Waals surface area contributed by atoms with E-state index in [0.29, 0.717) is 5.92 Å². The van der Waals surface area contributed by atoms with Gasteiger partial charge < -0.3 is 5.73 Å². The Kier molecular flexibility index (Phi) is 3.20. The van der Waals surface area contributed by atoms with E-state index in [0.717, 1.165) is 6.42 Å². The van der Waals surface area contributed by atoms with E-state index in [9.17, 15) is 0 Å². The Balaban J connectivity index is 2.72. The Labute approximate surface area is 88.1 Å². The summed E-state index contributed by atoms with van der Waals surface area (Å²) >= 11 is 0. The molecule has 80 valence electrons. The summed E-state index contributed by atoms with van der Waals surface area (Å²) in [4.78, 5) is 0. The van der Waals surface area contributed by atoms with Crippen LogP contribution in [-0.4, -0.2) is 6.04 Å². The number of nitrogens with two attached hydrogens (primary N) is 1. The minimum Gasteiger partial charge on any atom is -0.324 e. The van der Waals surface area contributed by atoms with Gasteiger partial charge in [0.25, 0.3) is 0 Å². The Morgan fingerprint density at radius 1 is 1.29 bits per heavy atom. The minimum atomic E-state index is 0.173. The summed E-state index contributed by atoms with van der Waals surface area (Å²) in [6.07, 6.45) is 5.65. The summed E-state index contributed by atoms with van der Waals surface area (Å²) in [5.74, 6) is 0.625. The van der Waals surface area contributed by atoms with Crippen LogP contribution in [0.4, 0.5) is 0 Å². The van der Waals surface area contributed by atoms with E-state index in [1.807, 2.05) is 0 Å². The van der Waals surface area contributed by atoms with E-state index in [1.165, 1.54) is 11.1 Å². The van der Waals surface area contributed by atoms with Crippen molar-refractivity contribution in [3.63, 3.8) is 0 Å². The van der Waals surface area contributed by atoms with Crippen LogP contribution in [0, 0.1) is 11.3 Å². The van der Waals surface area contributed by atoms with Crippen LogP contribution in [0.5, 0.6) is 0 Å². The first-order chi connectivity index (χ1) is 6.32. The van der Waals surface area contributed by atoms with Crippen molar-refractivity contribution < 1.29 is 0 Å². The van der Waals surface area contributed by atoms with Crippen molar-refractivity contribution in [3.8, 4) is 0 Å². The second kappa shape index (κ2) is 3.90. The molecule has 1 aliphatic rings. The van der Waals surface area contributed by atoms with Gasteiger partial charge in [0, 0.05) is 6.04 Å². The maximum absolute atomic E-state index is 6.22. The van der Waals surface area contributed by atoms with E-state index < -0.39 is 0 Å². The molecule has 0 aliphatic heterocycles. The van der Waals surface area contributed by atoms with Gasteiger partial charge >= 0.3 is 0 Å². The van der Waals surface area contributed by atoms with Crippen LogP contribution >= 0.6 is 0 Å². The van der Waals surface area contributed by atoms with Gasteiger partial charge in [0.15, 0.2) is 0 Å². The SMILES string of the molecule is CC(C)C1=CCC([C@H](N)C(C)(C)C)=C1. The fourth-order valence-corrected chi connectivity index (χ4v) is 1.74. The molecule has 1 aliphatic carbocycles. The van der Waals surface area contributed by atoms with Crippen LogP contribution < -0.4 is 5.73 Å². The lowest BCUT2D eigenvalue weighted by molar-refractivity contribution is 0.351. The van der Waals surface area contributed by atoms with Crippen LogP contribution in [0.15, 0.2) is 23.3 Å². The van der Waals surface area contributed by atoms with Crippen molar-refractivity contribution >= 4 is 0 Å². The van der Waals surface area contributed by atoms with Crippen molar-refractivity contribution in [2.75, 3.05) is 0 Å². The van der Waals surface area contributed by atoms with Gasteiger partial charge in [-0.05, 0) is 28.9 Å². The number of rotatable bonds is 2. The Morgan fingerprint density at radius 3 is 2.21 bits per heavy atom. The molecule has 0 bridgehead atoms. The average molecular weight is 193 g/mol. The molecule has 0 radical (unpaired) electrons. The Morgan fingerprint density at radius 2 is 1.86 bits per heavy atom. The summed E-state index contributed by atoms with van der Waals surface area (Å²) in [7, 11) is 0. The molecule has 2 N–H and O–H groups in total. The van der Waals surface area contributed by atoms with Gasteiger partial charge in [0.2, 0.25) is 0 Å². The monoisotopic (exact) mass is 193 g/mol. The predicted octanol–water partition coefficient (Wildman–Crippen LogP) is 3.27. The van der Waals surface area contributed by atoms with Gasteiger partial charge in [-0.1, -0.05) is 46.8 Å². The molecule has 1 heteroatoms. The quantitative estimate of drug-likeness (QED) is 0.715. The van der Waals surface area contributed by atoms with Crippen LogP contribution in [0.2, 0.25) is 0 Å². The predicted molar refractivity (Wildman–Crippen MR) is 63.1 cm³/mol. The molecule has 0 unspecified atom stereocenters. The standard InChI is InChI=1S/C13H23N/c1-9(2)10-6-7-11(8-10)12(14)13(3,4)5/h6,8-9,12H,7,14H2,1-5H3/t12-/m0/s1. The first-order valence-corrected chi connectivity index (χ1v) is 5.48. The molecule has 1 atom stereocenters. The van der Waals surface area contributed by atoms with E-state index >= 15 is 0 Å². The third-order valence-corrected chi connectivity index (χ3v) is 2.92. The van der Waals surface area contributed by atoms with Gasteiger partial charge in [-0.25, -0.2) is 0 Å². The molecule has 0 saturated heterocycles. The van der Waals surface area contributed by atoms with Crippen molar-refractivity contribution in [2.45, 2.75) is 47.1 Å². The fraction of sp³-hybridized carbons (Fsp3) is 0.692. The molecule has 0 heterocycles. The van der Waals surface area contributed by atoms with Crippen LogP contribution in [0.3, 0.4) is 0 Å². The molecule has 14 heavy (non-hydrogen) atoms. The lowest BCUT2D eigenvalue weighted by Gasteiger charge is -2.28. The summed E-state index contributed by atoms with van der Waals surface area (Å²) < 4.78 is 0. The third kappa shape index (κ3) is 2.48. The van der Waals surface area contributed by atoms with E-state index in [4.69, 9.17) is 5.73 Å². The summed E-state index contributed by atoms with van der Waals surface area (Å²) in [5.41, 5.74) is 9.22. The van der Waals surface area contributed by atoms with Gasteiger partial charge in [0.05, 0.1) is 0 Å². The lowest BCUT2D eigenvalue weighted by Crippen LogP contribution is -2.36. The molecule has 0 aromatic rings. The third-order valence-electron chi connectivity index (χ3n) is 2.92. The highest BCUT2D eigenvalue weighted by molar-refractivity contribution is 5.36. The second-order valence-electron chi connectivity index (χ2n) is 5.63. The normalized spacial score (nSPS) is 19.6.